The first kappa shape index (κ1) is 14.0. The minimum Gasteiger partial charge on any atom is -0.376 e. The standard InChI is InChI=1S/C14H29NO/c1-12(2)6-5-7-14-11-15(8-9-16-14)10-13(3)4/h12-14H,5-11H2,1-4H3/t14-/m1/s1. The molecule has 0 amide bonds. The molecule has 1 saturated heterocycles. The highest BCUT2D eigenvalue weighted by molar-refractivity contribution is 4.72. The largest absolute Gasteiger partial charge is 0.376 e. The Morgan fingerprint density at radius 2 is 1.94 bits per heavy atom. The quantitative estimate of drug-likeness (QED) is 0.691. The number of ether oxygens (including phenoxy) is 1. The molecule has 1 aliphatic rings. The molecule has 0 aromatic carbocycles. The van der Waals surface area contributed by atoms with Crippen molar-refractivity contribution in [3.05, 3.63) is 0 Å². The van der Waals surface area contributed by atoms with Crippen LogP contribution < -0.4 is 0 Å². The Hall–Kier alpha value is -0.0800. The number of morpholine rings is 1. The molecule has 0 saturated carbocycles. The van der Waals surface area contributed by atoms with E-state index in [9.17, 15) is 0 Å². The Labute approximate surface area is 101 Å². The molecular weight excluding hydrogens is 198 g/mol. The Balaban J connectivity index is 2.17. The van der Waals surface area contributed by atoms with E-state index < -0.39 is 0 Å². The fourth-order valence-corrected chi connectivity index (χ4v) is 2.39. The van der Waals surface area contributed by atoms with E-state index in [2.05, 4.69) is 32.6 Å². The van der Waals surface area contributed by atoms with E-state index >= 15 is 0 Å². The summed E-state index contributed by atoms with van der Waals surface area (Å²) in [6.07, 6.45) is 4.39. The maximum Gasteiger partial charge on any atom is 0.0702 e. The van der Waals surface area contributed by atoms with Crippen LogP contribution in [-0.4, -0.2) is 37.2 Å². The lowest BCUT2D eigenvalue weighted by molar-refractivity contribution is -0.0362. The molecule has 2 nitrogen and oxygen atoms in total. The predicted octanol–water partition coefficient (Wildman–Crippen LogP) is 3.17. The maximum absolute atomic E-state index is 5.83. The molecular formula is C14H29NO. The molecule has 96 valence electrons. The van der Waals surface area contributed by atoms with Crippen LogP contribution in [0.5, 0.6) is 0 Å². The Morgan fingerprint density at radius 3 is 2.56 bits per heavy atom. The monoisotopic (exact) mass is 227 g/mol. The molecule has 0 N–H and O–H groups in total. The second-order valence-corrected chi connectivity index (χ2v) is 5.97. The molecule has 1 heterocycles. The highest BCUT2D eigenvalue weighted by Crippen LogP contribution is 2.15. The van der Waals surface area contributed by atoms with Crippen molar-refractivity contribution in [2.75, 3.05) is 26.2 Å². The zero-order valence-corrected chi connectivity index (χ0v) is 11.5. The molecule has 1 atom stereocenters. The fraction of sp³-hybridized carbons (Fsp3) is 1.00. The van der Waals surface area contributed by atoms with Crippen molar-refractivity contribution in [3.63, 3.8) is 0 Å². The maximum atomic E-state index is 5.83. The number of nitrogens with zero attached hydrogens (tertiary/aromatic N) is 1. The highest BCUT2D eigenvalue weighted by Gasteiger charge is 2.20. The van der Waals surface area contributed by atoms with Crippen LogP contribution in [0.3, 0.4) is 0 Å². The van der Waals surface area contributed by atoms with Gasteiger partial charge in [0.15, 0.2) is 0 Å². The molecule has 0 radical (unpaired) electrons. The van der Waals surface area contributed by atoms with Crippen LogP contribution in [0, 0.1) is 11.8 Å². The lowest BCUT2D eigenvalue weighted by atomic mass is 10.0. The Bertz CT molecular complexity index is 180. The molecule has 0 spiro atoms. The summed E-state index contributed by atoms with van der Waals surface area (Å²) < 4.78 is 5.83. The smallest absolute Gasteiger partial charge is 0.0702 e. The molecule has 1 fully saturated rings. The highest BCUT2D eigenvalue weighted by atomic mass is 16.5. The van der Waals surface area contributed by atoms with Gasteiger partial charge >= 0.3 is 0 Å². The lowest BCUT2D eigenvalue weighted by Crippen LogP contribution is -2.43. The topological polar surface area (TPSA) is 12.5 Å². The SMILES string of the molecule is CC(C)CCC[C@@H]1CN(CC(C)C)CCO1. The van der Waals surface area contributed by atoms with Crippen LogP contribution in [0.1, 0.15) is 47.0 Å². The summed E-state index contributed by atoms with van der Waals surface area (Å²) in [5.41, 5.74) is 0. The van der Waals surface area contributed by atoms with Crippen molar-refractivity contribution in [2.45, 2.75) is 53.1 Å². The van der Waals surface area contributed by atoms with Gasteiger partial charge < -0.3 is 4.74 Å². The van der Waals surface area contributed by atoms with Gasteiger partial charge in [-0.05, 0) is 18.3 Å². The van der Waals surface area contributed by atoms with E-state index in [-0.39, 0.29) is 0 Å². The molecule has 0 aromatic rings. The molecule has 1 rings (SSSR count). The third-order valence-corrected chi connectivity index (χ3v) is 3.15. The summed E-state index contributed by atoms with van der Waals surface area (Å²) in [7, 11) is 0. The van der Waals surface area contributed by atoms with Crippen molar-refractivity contribution in [3.8, 4) is 0 Å². The van der Waals surface area contributed by atoms with Crippen molar-refractivity contribution in [2.24, 2.45) is 11.8 Å². The summed E-state index contributed by atoms with van der Waals surface area (Å²) in [5, 5.41) is 0. The molecule has 0 unspecified atom stereocenters. The van der Waals surface area contributed by atoms with Gasteiger partial charge in [-0.3, -0.25) is 4.90 Å². The van der Waals surface area contributed by atoms with Crippen molar-refractivity contribution in [1.82, 2.24) is 4.90 Å². The van der Waals surface area contributed by atoms with Gasteiger partial charge in [-0.2, -0.15) is 0 Å². The van der Waals surface area contributed by atoms with Gasteiger partial charge in [-0.25, -0.2) is 0 Å². The van der Waals surface area contributed by atoms with Crippen molar-refractivity contribution >= 4 is 0 Å². The third kappa shape index (κ3) is 5.86. The van der Waals surface area contributed by atoms with Crippen molar-refractivity contribution in [1.29, 1.82) is 0 Å². The van der Waals surface area contributed by atoms with Crippen LogP contribution >= 0.6 is 0 Å². The predicted molar refractivity (Wildman–Crippen MR) is 69.7 cm³/mol. The first-order valence-electron chi connectivity index (χ1n) is 6.92. The summed E-state index contributed by atoms with van der Waals surface area (Å²) in [6, 6.07) is 0. The normalized spacial score (nSPS) is 23.2. The molecule has 2 heteroatoms. The van der Waals surface area contributed by atoms with Gasteiger partial charge in [0.1, 0.15) is 0 Å². The summed E-state index contributed by atoms with van der Waals surface area (Å²) >= 11 is 0. The van der Waals surface area contributed by atoms with Crippen LogP contribution in [0.4, 0.5) is 0 Å². The fourth-order valence-electron chi connectivity index (χ4n) is 2.39. The number of rotatable bonds is 6. The van der Waals surface area contributed by atoms with Gasteiger partial charge in [0, 0.05) is 19.6 Å². The van der Waals surface area contributed by atoms with Crippen LogP contribution in [0.25, 0.3) is 0 Å². The average Bonchev–Trinajstić information content (AvgIpc) is 2.16. The van der Waals surface area contributed by atoms with E-state index in [0.29, 0.717) is 6.10 Å². The van der Waals surface area contributed by atoms with Crippen LogP contribution in [-0.2, 0) is 4.74 Å². The zero-order chi connectivity index (χ0) is 12.0. The average molecular weight is 227 g/mol. The van der Waals surface area contributed by atoms with Crippen molar-refractivity contribution < 1.29 is 4.74 Å². The van der Waals surface area contributed by atoms with E-state index in [1.165, 1.54) is 25.8 Å². The second kappa shape index (κ2) is 7.29. The minimum absolute atomic E-state index is 0.492. The van der Waals surface area contributed by atoms with Gasteiger partial charge in [0.25, 0.3) is 0 Å². The first-order chi connectivity index (χ1) is 7.58. The molecule has 0 aromatic heterocycles. The minimum atomic E-state index is 0.492. The molecule has 0 aliphatic carbocycles. The first-order valence-corrected chi connectivity index (χ1v) is 6.92. The number of hydrogen-bond acceptors (Lipinski definition) is 2. The summed E-state index contributed by atoms with van der Waals surface area (Å²) in [5.74, 6) is 1.60. The summed E-state index contributed by atoms with van der Waals surface area (Å²) in [6.45, 7) is 13.6. The van der Waals surface area contributed by atoms with Gasteiger partial charge in [0.05, 0.1) is 12.7 Å². The molecule has 16 heavy (non-hydrogen) atoms. The molecule has 0 bridgehead atoms. The van der Waals surface area contributed by atoms with Gasteiger partial charge in [-0.15, -0.1) is 0 Å². The Morgan fingerprint density at radius 1 is 1.19 bits per heavy atom. The third-order valence-electron chi connectivity index (χ3n) is 3.15. The lowest BCUT2D eigenvalue weighted by Gasteiger charge is -2.34. The summed E-state index contributed by atoms with van der Waals surface area (Å²) in [4.78, 5) is 2.56. The number of hydrogen-bond donors (Lipinski definition) is 0. The second-order valence-electron chi connectivity index (χ2n) is 5.97. The van der Waals surface area contributed by atoms with Crippen LogP contribution in [0.2, 0.25) is 0 Å². The van der Waals surface area contributed by atoms with Gasteiger partial charge in [-0.1, -0.05) is 40.5 Å². The van der Waals surface area contributed by atoms with Gasteiger partial charge in [0.2, 0.25) is 0 Å². The van der Waals surface area contributed by atoms with E-state index in [1.807, 2.05) is 0 Å². The van der Waals surface area contributed by atoms with Crippen LogP contribution in [0.15, 0.2) is 0 Å². The Kier molecular flexibility index (Phi) is 6.37. The molecule has 1 aliphatic heterocycles. The van der Waals surface area contributed by atoms with E-state index in [4.69, 9.17) is 4.74 Å². The van der Waals surface area contributed by atoms with E-state index in [0.717, 1.165) is 31.5 Å². The van der Waals surface area contributed by atoms with E-state index in [1.54, 1.807) is 0 Å². The zero-order valence-electron chi connectivity index (χ0n) is 11.5.